The van der Waals surface area contributed by atoms with E-state index in [0.717, 1.165) is 11.5 Å². The molecule has 218 valence electrons. The van der Waals surface area contributed by atoms with E-state index < -0.39 is 0 Å². The third kappa shape index (κ3) is 29.9. The number of thiol groups is 4. The monoisotopic (exact) mass is 578 g/mol. The Kier molecular flexibility index (Phi) is 33.9. The van der Waals surface area contributed by atoms with Crippen molar-refractivity contribution >= 4 is 50.5 Å². The van der Waals surface area contributed by atoms with Crippen LogP contribution < -0.4 is 0 Å². The van der Waals surface area contributed by atoms with Crippen molar-refractivity contribution in [2.75, 3.05) is 11.5 Å². The lowest BCUT2D eigenvalue weighted by Gasteiger charge is -2.18. The normalized spacial score (nSPS) is 13.3. The Balaban J connectivity index is 3.27. The van der Waals surface area contributed by atoms with E-state index in [9.17, 15) is 0 Å². The molecule has 0 rings (SSSR count). The summed E-state index contributed by atoms with van der Waals surface area (Å²) in [4.78, 5) is 0. The number of unbranched alkanes of at least 4 members (excludes halogenated alkanes) is 24. The molecule has 0 aliphatic carbocycles. The zero-order valence-corrected chi connectivity index (χ0v) is 27.7. The van der Waals surface area contributed by atoms with E-state index in [0.29, 0.717) is 10.5 Å². The van der Waals surface area contributed by atoms with Crippen LogP contribution in [-0.2, 0) is 0 Å². The van der Waals surface area contributed by atoms with Gasteiger partial charge in [0.2, 0.25) is 0 Å². The summed E-state index contributed by atoms with van der Waals surface area (Å²) in [6, 6.07) is 0. The van der Waals surface area contributed by atoms with Crippen LogP contribution in [0.15, 0.2) is 0 Å². The van der Waals surface area contributed by atoms with E-state index in [1.807, 2.05) is 0 Å². The predicted octanol–water partition coefficient (Wildman–Crippen LogP) is 12.4. The predicted molar refractivity (Wildman–Crippen MR) is 183 cm³/mol. The van der Waals surface area contributed by atoms with Crippen LogP contribution in [0.25, 0.3) is 0 Å². The van der Waals surface area contributed by atoms with Crippen molar-refractivity contribution in [1.29, 1.82) is 0 Å². The van der Waals surface area contributed by atoms with Crippen molar-refractivity contribution in [1.82, 2.24) is 0 Å². The molecule has 0 bridgehead atoms. The van der Waals surface area contributed by atoms with E-state index in [1.54, 1.807) is 0 Å². The van der Waals surface area contributed by atoms with Gasteiger partial charge in [-0.1, -0.05) is 154 Å². The van der Waals surface area contributed by atoms with Gasteiger partial charge in [-0.05, 0) is 37.2 Å². The Morgan fingerprint density at radius 3 is 0.611 bits per heavy atom. The summed E-state index contributed by atoms with van der Waals surface area (Å²) in [5.74, 6) is 2.12. The molecule has 2 atom stereocenters. The summed E-state index contributed by atoms with van der Waals surface area (Å²) >= 11 is 18.3. The quantitative estimate of drug-likeness (QED) is 0.0456. The first-order chi connectivity index (χ1) is 17.7. The second-order valence-electron chi connectivity index (χ2n) is 11.4. The van der Waals surface area contributed by atoms with Gasteiger partial charge in [-0.25, -0.2) is 0 Å². The zero-order valence-electron chi connectivity index (χ0n) is 24.2. The van der Waals surface area contributed by atoms with Gasteiger partial charge in [0.25, 0.3) is 0 Å². The van der Waals surface area contributed by atoms with Gasteiger partial charge in [0.15, 0.2) is 0 Å². The lowest BCUT2D eigenvalue weighted by molar-refractivity contribution is 0.521. The molecular weight excluding hydrogens is 513 g/mol. The Morgan fingerprint density at radius 1 is 0.250 bits per heavy atom. The fourth-order valence-electron chi connectivity index (χ4n) is 5.20. The summed E-state index contributed by atoms with van der Waals surface area (Å²) in [5, 5.41) is 0.970. The summed E-state index contributed by atoms with van der Waals surface area (Å²) in [6.45, 7) is 0. The number of hydrogen-bond donors (Lipinski definition) is 4. The molecule has 0 aliphatic heterocycles. The Labute approximate surface area is 251 Å². The first kappa shape index (κ1) is 37.4. The molecule has 0 unspecified atom stereocenters. The summed E-state index contributed by atoms with van der Waals surface area (Å²) in [7, 11) is 0. The second-order valence-corrected chi connectivity index (χ2v) is 13.6. The first-order valence-corrected chi connectivity index (χ1v) is 18.6. The van der Waals surface area contributed by atoms with Crippen LogP contribution in [0.4, 0.5) is 0 Å². The highest BCUT2D eigenvalue weighted by atomic mass is 32.1. The summed E-state index contributed by atoms with van der Waals surface area (Å²) in [5.41, 5.74) is 0. The molecule has 0 aliphatic rings. The van der Waals surface area contributed by atoms with Crippen LogP contribution in [0.3, 0.4) is 0 Å². The van der Waals surface area contributed by atoms with E-state index in [2.05, 4.69) is 25.3 Å². The van der Waals surface area contributed by atoms with Gasteiger partial charge in [-0.2, -0.15) is 50.5 Å². The van der Waals surface area contributed by atoms with Crippen LogP contribution in [-0.4, -0.2) is 22.0 Å². The Morgan fingerprint density at radius 2 is 0.417 bits per heavy atom. The molecule has 0 N–H and O–H groups in total. The van der Waals surface area contributed by atoms with Crippen LogP contribution in [0.2, 0.25) is 0 Å². The van der Waals surface area contributed by atoms with E-state index >= 15 is 0 Å². The maximum Gasteiger partial charge on any atom is 0.0133 e. The van der Waals surface area contributed by atoms with Gasteiger partial charge in [0, 0.05) is 10.5 Å². The first-order valence-electron chi connectivity index (χ1n) is 16.3. The average molecular weight is 579 g/mol. The minimum atomic E-state index is 0.485. The van der Waals surface area contributed by atoms with E-state index in [1.165, 1.54) is 180 Å². The lowest BCUT2D eigenvalue weighted by atomic mass is 10.0. The molecular formula is C32H66S4. The molecule has 36 heavy (non-hydrogen) atoms. The fourth-order valence-corrected chi connectivity index (χ4v) is 6.31. The fraction of sp³-hybridized carbons (Fsp3) is 1.00. The van der Waals surface area contributed by atoms with Crippen molar-refractivity contribution in [3.05, 3.63) is 0 Å². The zero-order chi connectivity index (χ0) is 26.4. The molecule has 0 amide bonds. The van der Waals surface area contributed by atoms with Crippen molar-refractivity contribution in [2.45, 2.75) is 190 Å². The standard InChI is InChI=1S/C32H66S4/c33-29-25-21-17-13-9-5-1-3-7-11-15-19-23-27-31(35)32(36)28-24-20-16-12-8-4-2-6-10-14-18-22-26-30-34/h31-36H,1-30H2/t31-,32+. The maximum atomic E-state index is 4.88. The Hall–Kier alpha value is 1.40. The van der Waals surface area contributed by atoms with E-state index in [-0.39, 0.29) is 0 Å². The largest absolute Gasteiger partial charge is 0.179 e. The number of rotatable bonds is 31. The molecule has 0 saturated carbocycles. The Bertz CT molecular complexity index is 354. The highest BCUT2D eigenvalue weighted by Crippen LogP contribution is 2.23. The molecule has 4 heteroatoms. The lowest BCUT2D eigenvalue weighted by Crippen LogP contribution is -2.15. The summed E-state index contributed by atoms with van der Waals surface area (Å²) in [6.07, 6.45) is 39.1. The highest BCUT2D eigenvalue weighted by molar-refractivity contribution is 7.85. The van der Waals surface area contributed by atoms with Gasteiger partial charge < -0.3 is 0 Å². The van der Waals surface area contributed by atoms with Crippen molar-refractivity contribution in [2.24, 2.45) is 0 Å². The molecule has 0 saturated heterocycles. The van der Waals surface area contributed by atoms with Crippen molar-refractivity contribution in [3.8, 4) is 0 Å². The third-order valence-electron chi connectivity index (χ3n) is 7.76. The van der Waals surface area contributed by atoms with Crippen LogP contribution in [0.1, 0.15) is 180 Å². The molecule has 0 aromatic rings. The molecule has 0 radical (unpaired) electrons. The van der Waals surface area contributed by atoms with Gasteiger partial charge in [0.05, 0.1) is 0 Å². The molecule has 0 aromatic heterocycles. The SMILES string of the molecule is SCCCCCCCCCCCCCCC[C@@H](S)[C@@H](S)CCCCCCCCCCCCCCCS. The average Bonchev–Trinajstić information content (AvgIpc) is 2.88. The van der Waals surface area contributed by atoms with Gasteiger partial charge in [-0.15, -0.1) is 0 Å². The second kappa shape index (κ2) is 32.6. The van der Waals surface area contributed by atoms with Crippen LogP contribution in [0.5, 0.6) is 0 Å². The minimum absolute atomic E-state index is 0.485. The van der Waals surface area contributed by atoms with Crippen LogP contribution in [0, 0.1) is 0 Å². The smallest absolute Gasteiger partial charge is 0.0133 e. The minimum Gasteiger partial charge on any atom is -0.179 e. The van der Waals surface area contributed by atoms with Gasteiger partial charge in [0.1, 0.15) is 0 Å². The molecule has 0 spiro atoms. The molecule has 0 heterocycles. The third-order valence-corrected chi connectivity index (χ3v) is 9.86. The topological polar surface area (TPSA) is 0 Å². The van der Waals surface area contributed by atoms with Gasteiger partial charge >= 0.3 is 0 Å². The van der Waals surface area contributed by atoms with E-state index in [4.69, 9.17) is 25.3 Å². The van der Waals surface area contributed by atoms with Gasteiger partial charge in [-0.3, -0.25) is 0 Å². The van der Waals surface area contributed by atoms with Crippen molar-refractivity contribution < 1.29 is 0 Å². The van der Waals surface area contributed by atoms with Crippen LogP contribution >= 0.6 is 50.5 Å². The molecule has 0 fully saturated rings. The number of hydrogen-bond acceptors (Lipinski definition) is 4. The highest BCUT2D eigenvalue weighted by Gasteiger charge is 2.13. The van der Waals surface area contributed by atoms with Crippen molar-refractivity contribution in [3.63, 3.8) is 0 Å². The molecule has 0 aromatic carbocycles. The molecule has 0 nitrogen and oxygen atoms in total. The maximum absolute atomic E-state index is 4.88. The summed E-state index contributed by atoms with van der Waals surface area (Å²) < 4.78 is 0.